The van der Waals surface area contributed by atoms with Gasteiger partial charge >= 0.3 is 0 Å². The van der Waals surface area contributed by atoms with Crippen molar-refractivity contribution in [2.24, 2.45) is 5.41 Å². The molecule has 0 radical (unpaired) electrons. The fourth-order valence-corrected chi connectivity index (χ4v) is 3.60. The summed E-state index contributed by atoms with van der Waals surface area (Å²) in [6.45, 7) is 5.23. The summed E-state index contributed by atoms with van der Waals surface area (Å²) in [5, 5.41) is 14.4. The molecule has 1 aromatic rings. The Morgan fingerprint density at radius 1 is 1.32 bits per heavy atom. The van der Waals surface area contributed by atoms with Crippen LogP contribution in [0.2, 0.25) is 0 Å². The number of nitro groups is 1. The van der Waals surface area contributed by atoms with Gasteiger partial charge in [-0.2, -0.15) is 0 Å². The van der Waals surface area contributed by atoms with Crippen molar-refractivity contribution in [3.8, 4) is 0 Å². The molecular weight excluding hydrogens is 282 g/mol. The lowest BCUT2D eigenvalue weighted by molar-refractivity contribution is -0.385. The van der Waals surface area contributed by atoms with Crippen LogP contribution in [-0.4, -0.2) is 41.9 Å². The highest BCUT2D eigenvalue weighted by Gasteiger charge is 2.40. The zero-order chi connectivity index (χ0) is 15.7. The topological polar surface area (TPSA) is 75.5 Å². The number of benzene rings is 1. The molecule has 1 spiro atoms. The first-order valence-corrected chi connectivity index (χ1v) is 7.76. The van der Waals surface area contributed by atoms with Gasteiger partial charge < -0.3 is 10.2 Å². The van der Waals surface area contributed by atoms with E-state index in [4.69, 9.17) is 0 Å². The van der Waals surface area contributed by atoms with Crippen LogP contribution in [0.4, 0.5) is 5.69 Å². The standard InChI is InChI=1S/C16H21N3O3/c1-12-2-3-13(10-14(12)19(21)22)15(20)18-9-6-16(11-18)4-7-17-8-5-16/h2-3,10,17H,4-9,11H2,1H3. The van der Waals surface area contributed by atoms with Gasteiger partial charge in [0, 0.05) is 30.3 Å². The van der Waals surface area contributed by atoms with Crippen molar-refractivity contribution in [1.29, 1.82) is 0 Å². The molecule has 1 N–H and O–H groups in total. The highest BCUT2D eigenvalue weighted by Crippen LogP contribution is 2.39. The van der Waals surface area contributed by atoms with E-state index in [0.29, 0.717) is 11.1 Å². The number of carbonyl (C=O) groups is 1. The molecule has 6 nitrogen and oxygen atoms in total. The minimum absolute atomic E-state index is 0.0154. The number of carbonyl (C=O) groups excluding carboxylic acids is 1. The first-order chi connectivity index (χ1) is 10.5. The van der Waals surface area contributed by atoms with E-state index in [1.165, 1.54) is 6.07 Å². The second-order valence-electron chi connectivity index (χ2n) is 6.49. The Morgan fingerprint density at radius 2 is 2.05 bits per heavy atom. The van der Waals surface area contributed by atoms with E-state index < -0.39 is 4.92 Å². The number of piperidine rings is 1. The summed E-state index contributed by atoms with van der Waals surface area (Å²) >= 11 is 0. The van der Waals surface area contributed by atoms with Gasteiger partial charge in [-0.15, -0.1) is 0 Å². The molecule has 2 fully saturated rings. The van der Waals surface area contributed by atoms with E-state index in [1.54, 1.807) is 19.1 Å². The lowest BCUT2D eigenvalue weighted by atomic mass is 9.78. The van der Waals surface area contributed by atoms with Gasteiger partial charge in [-0.3, -0.25) is 14.9 Å². The van der Waals surface area contributed by atoms with E-state index in [1.807, 2.05) is 4.90 Å². The maximum Gasteiger partial charge on any atom is 0.273 e. The van der Waals surface area contributed by atoms with Crippen LogP contribution in [0.3, 0.4) is 0 Å². The molecule has 6 heteroatoms. The second kappa shape index (κ2) is 5.68. The van der Waals surface area contributed by atoms with E-state index in [-0.39, 0.29) is 17.0 Å². The second-order valence-corrected chi connectivity index (χ2v) is 6.49. The molecule has 0 saturated carbocycles. The molecule has 1 amide bonds. The van der Waals surface area contributed by atoms with Crippen molar-refractivity contribution in [3.63, 3.8) is 0 Å². The smallest absolute Gasteiger partial charge is 0.273 e. The molecule has 0 aromatic heterocycles. The number of hydrogen-bond acceptors (Lipinski definition) is 4. The van der Waals surface area contributed by atoms with E-state index >= 15 is 0 Å². The van der Waals surface area contributed by atoms with Crippen LogP contribution in [0, 0.1) is 22.5 Å². The molecule has 0 unspecified atom stereocenters. The lowest BCUT2D eigenvalue weighted by Crippen LogP contribution is -2.39. The summed E-state index contributed by atoms with van der Waals surface area (Å²) in [6, 6.07) is 4.75. The minimum Gasteiger partial charge on any atom is -0.338 e. The molecule has 0 bridgehead atoms. The average Bonchev–Trinajstić information content (AvgIpc) is 2.91. The predicted octanol–water partition coefficient (Wildman–Crippen LogP) is 2.12. The molecule has 3 rings (SSSR count). The van der Waals surface area contributed by atoms with Crippen LogP contribution in [0.1, 0.15) is 35.2 Å². The van der Waals surface area contributed by atoms with Gasteiger partial charge in [0.2, 0.25) is 0 Å². The third-order valence-corrected chi connectivity index (χ3v) is 5.04. The summed E-state index contributed by atoms with van der Waals surface area (Å²) < 4.78 is 0. The Kier molecular flexibility index (Phi) is 3.87. The molecule has 2 saturated heterocycles. The van der Waals surface area contributed by atoms with Crippen LogP contribution in [0.15, 0.2) is 18.2 Å². The number of aryl methyl sites for hydroxylation is 1. The Bertz CT molecular complexity index is 609. The van der Waals surface area contributed by atoms with Crippen LogP contribution >= 0.6 is 0 Å². The normalized spacial score (nSPS) is 20.3. The van der Waals surface area contributed by atoms with Gasteiger partial charge in [-0.05, 0) is 50.8 Å². The highest BCUT2D eigenvalue weighted by molar-refractivity contribution is 5.95. The number of amides is 1. The summed E-state index contributed by atoms with van der Waals surface area (Å²) in [5.74, 6) is -0.0847. The SMILES string of the molecule is Cc1ccc(C(=O)N2CCC3(CCNCC3)C2)cc1[N+](=O)[O-]. The summed E-state index contributed by atoms with van der Waals surface area (Å²) in [6.07, 6.45) is 3.24. The number of nitrogens with one attached hydrogen (secondary N) is 1. The quantitative estimate of drug-likeness (QED) is 0.671. The van der Waals surface area contributed by atoms with Gasteiger partial charge in [0.05, 0.1) is 4.92 Å². The molecule has 2 aliphatic rings. The van der Waals surface area contributed by atoms with Crippen molar-refractivity contribution < 1.29 is 9.72 Å². The molecule has 2 aliphatic heterocycles. The summed E-state index contributed by atoms with van der Waals surface area (Å²) in [4.78, 5) is 25.1. The van der Waals surface area contributed by atoms with E-state index in [9.17, 15) is 14.9 Å². The van der Waals surface area contributed by atoms with Gasteiger partial charge in [0.15, 0.2) is 0 Å². The minimum atomic E-state index is -0.426. The van der Waals surface area contributed by atoms with Crippen molar-refractivity contribution in [2.75, 3.05) is 26.2 Å². The summed E-state index contributed by atoms with van der Waals surface area (Å²) in [7, 11) is 0. The molecule has 0 aliphatic carbocycles. The van der Waals surface area contributed by atoms with Crippen LogP contribution in [-0.2, 0) is 0 Å². The van der Waals surface area contributed by atoms with Crippen LogP contribution < -0.4 is 5.32 Å². The number of likely N-dealkylation sites (tertiary alicyclic amines) is 1. The number of hydrogen-bond donors (Lipinski definition) is 1. The first kappa shape index (κ1) is 15.0. The Labute approximate surface area is 129 Å². The third kappa shape index (κ3) is 2.70. The number of nitrogens with zero attached hydrogens (tertiary/aromatic N) is 2. The molecule has 0 atom stereocenters. The Balaban J connectivity index is 1.77. The summed E-state index contributed by atoms with van der Waals surface area (Å²) in [5.41, 5.74) is 1.26. The highest BCUT2D eigenvalue weighted by atomic mass is 16.6. The third-order valence-electron chi connectivity index (χ3n) is 5.04. The monoisotopic (exact) mass is 303 g/mol. The van der Waals surface area contributed by atoms with Crippen molar-refractivity contribution >= 4 is 11.6 Å². The van der Waals surface area contributed by atoms with Crippen LogP contribution in [0.25, 0.3) is 0 Å². The van der Waals surface area contributed by atoms with E-state index in [0.717, 1.165) is 45.4 Å². The molecular formula is C16H21N3O3. The Hall–Kier alpha value is -1.95. The number of rotatable bonds is 2. The molecule has 1 aromatic carbocycles. The van der Waals surface area contributed by atoms with E-state index in [2.05, 4.69) is 5.32 Å². The molecule has 22 heavy (non-hydrogen) atoms. The zero-order valence-electron chi connectivity index (χ0n) is 12.8. The van der Waals surface area contributed by atoms with Crippen molar-refractivity contribution in [3.05, 3.63) is 39.4 Å². The average molecular weight is 303 g/mol. The van der Waals surface area contributed by atoms with Gasteiger partial charge in [-0.25, -0.2) is 0 Å². The van der Waals surface area contributed by atoms with Gasteiger partial charge in [0.1, 0.15) is 0 Å². The van der Waals surface area contributed by atoms with Gasteiger partial charge in [-0.1, -0.05) is 6.07 Å². The van der Waals surface area contributed by atoms with Crippen LogP contribution in [0.5, 0.6) is 0 Å². The van der Waals surface area contributed by atoms with Gasteiger partial charge in [0.25, 0.3) is 11.6 Å². The Morgan fingerprint density at radius 3 is 2.73 bits per heavy atom. The molecule has 2 heterocycles. The van der Waals surface area contributed by atoms with Crippen molar-refractivity contribution in [1.82, 2.24) is 10.2 Å². The van der Waals surface area contributed by atoms with Crippen molar-refractivity contribution in [2.45, 2.75) is 26.2 Å². The maximum atomic E-state index is 12.6. The fraction of sp³-hybridized carbons (Fsp3) is 0.562. The first-order valence-electron chi connectivity index (χ1n) is 7.76. The largest absolute Gasteiger partial charge is 0.338 e. The maximum absolute atomic E-state index is 12.6. The predicted molar refractivity (Wildman–Crippen MR) is 82.9 cm³/mol. The number of nitro benzene ring substituents is 1. The molecule has 118 valence electrons. The lowest BCUT2D eigenvalue weighted by Gasteiger charge is -2.33. The zero-order valence-corrected chi connectivity index (χ0v) is 12.8. The fourth-order valence-electron chi connectivity index (χ4n) is 3.60.